The maximum atomic E-state index is 11.3. The zero-order valence-electron chi connectivity index (χ0n) is 9.40. The van der Waals surface area contributed by atoms with E-state index in [0.717, 1.165) is 0 Å². The van der Waals surface area contributed by atoms with Crippen LogP contribution in [0.5, 0.6) is 0 Å². The molecule has 16 heavy (non-hydrogen) atoms. The standard InChI is InChI=1S/C10H18N2O4/c1-3-4-8(10(11)14)12-9(13)7-16-6-5-15-2/h3,8H,1,4-7H2,2H3,(H2,11,14)(H,12,13)/t8-/m0/s1. The van der Waals surface area contributed by atoms with E-state index in [2.05, 4.69) is 11.9 Å². The molecule has 0 fully saturated rings. The number of carbonyl (C=O) groups excluding carboxylic acids is 2. The van der Waals surface area contributed by atoms with E-state index in [1.165, 1.54) is 13.2 Å². The zero-order valence-corrected chi connectivity index (χ0v) is 9.40. The van der Waals surface area contributed by atoms with Crippen molar-refractivity contribution < 1.29 is 19.1 Å². The highest BCUT2D eigenvalue weighted by Crippen LogP contribution is 1.91. The van der Waals surface area contributed by atoms with Gasteiger partial charge in [0.15, 0.2) is 0 Å². The van der Waals surface area contributed by atoms with Crippen molar-refractivity contribution in [3.05, 3.63) is 12.7 Å². The maximum Gasteiger partial charge on any atom is 0.246 e. The van der Waals surface area contributed by atoms with Crippen molar-refractivity contribution in [1.82, 2.24) is 5.32 Å². The van der Waals surface area contributed by atoms with Crippen LogP contribution in [0.2, 0.25) is 0 Å². The molecule has 0 spiro atoms. The first-order chi connectivity index (χ1) is 7.61. The minimum atomic E-state index is -0.726. The molecular formula is C10H18N2O4. The van der Waals surface area contributed by atoms with Gasteiger partial charge in [0.2, 0.25) is 11.8 Å². The van der Waals surface area contributed by atoms with Gasteiger partial charge in [-0.05, 0) is 6.42 Å². The van der Waals surface area contributed by atoms with E-state index in [9.17, 15) is 9.59 Å². The molecule has 0 aliphatic heterocycles. The lowest BCUT2D eigenvalue weighted by Crippen LogP contribution is -2.45. The molecule has 0 aliphatic carbocycles. The van der Waals surface area contributed by atoms with Crippen molar-refractivity contribution in [2.75, 3.05) is 26.9 Å². The van der Waals surface area contributed by atoms with Crippen LogP contribution in [-0.2, 0) is 19.1 Å². The fraction of sp³-hybridized carbons (Fsp3) is 0.600. The van der Waals surface area contributed by atoms with Gasteiger partial charge in [-0.25, -0.2) is 0 Å². The molecule has 0 saturated heterocycles. The fourth-order valence-electron chi connectivity index (χ4n) is 0.956. The highest BCUT2D eigenvalue weighted by Gasteiger charge is 2.15. The Morgan fingerprint density at radius 3 is 2.69 bits per heavy atom. The normalized spacial score (nSPS) is 11.8. The van der Waals surface area contributed by atoms with E-state index >= 15 is 0 Å². The van der Waals surface area contributed by atoms with E-state index in [4.69, 9.17) is 15.2 Å². The van der Waals surface area contributed by atoms with Crippen LogP contribution >= 0.6 is 0 Å². The SMILES string of the molecule is C=CC[C@H](NC(=O)COCCOC)C(N)=O. The number of primary amides is 1. The van der Waals surface area contributed by atoms with Gasteiger partial charge < -0.3 is 20.5 Å². The van der Waals surface area contributed by atoms with Crippen LogP contribution in [0.15, 0.2) is 12.7 Å². The summed E-state index contributed by atoms with van der Waals surface area (Å²) in [5.41, 5.74) is 5.09. The third-order valence-corrected chi connectivity index (χ3v) is 1.75. The minimum absolute atomic E-state index is 0.121. The van der Waals surface area contributed by atoms with Crippen molar-refractivity contribution >= 4 is 11.8 Å². The lowest BCUT2D eigenvalue weighted by Gasteiger charge is -2.13. The fourth-order valence-corrected chi connectivity index (χ4v) is 0.956. The predicted molar refractivity (Wildman–Crippen MR) is 58.6 cm³/mol. The van der Waals surface area contributed by atoms with Crippen LogP contribution in [0.4, 0.5) is 0 Å². The average Bonchev–Trinajstić information content (AvgIpc) is 2.23. The Morgan fingerprint density at radius 1 is 1.50 bits per heavy atom. The molecule has 0 unspecified atom stereocenters. The third kappa shape index (κ3) is 6.97. The molecule has 1 atom stereocenters. The van der Waals surface area contributed by atoms with Gasteiger partial charge in [-0.2, -0.15) is 0 Å². The first kappa shape index (κ1) is 14.6. The number of ether oxygens (including phenoxy) is 2. The van der Waals surface area contributed by atoms with Crippen molar-refractivity contribution in [1.29, 1.82) is 0 Å². The number of rotatable bonds is 9. The quantitative estimate of drug-likeness (QED) is 0.400. The summed E-state index contributed by atoms with van der Waals surface area (Å²) >= 11 is 0. The molecule has 0 radical (unpaired) electrons. The van der Waals surface area contributed by atoms with Crippen molar-refractivity contribution in [2.24, 2.45) is 5.73 Å². The summed E-state index contributed by atoms with van der Waals surface area (Å²) in [6.45, 7) is 4.09. The van der Waals surface area contributed by atoms with Crippen LogP contribution in [0.1, 0.15) is 6.42 Å². The van der Waals surface area contributed by atoms with Gasteiger partial charge >= 0.3 is 0 Å². The molecule has 0 heterocycles. The number of hydrogen-bond acceptors (Lipinski definition) is 4. The largest absolute Gasteiger partial charge is 0.382 e. The molecule has 0 aromatic carbocycles. The van der Waals surface area contributed by atoms with E-state index < -0.39 is 11.9 Å². The summed E-state index contributed by atoms with van der Waals surface area (Å²) in [6, 6.07) is -0.726. The van der Waals surface area contributed by atoms with E-state index in [1.54, 1.807) is 0 Å². The molecule has 92 valence electrons. The second kappa shape index (κ2) is 8.87. The second-order valence-corrected chi connectivity index (χ2v) is 3.09. The van der Waals surface area contributed by atoms with Crippen LogP contribution in [-0.4, -0.2) is 44.8 Å². The van der Waals surface area contributed by atoms with Crippen molar-refractivity contribution in [2.45, 2.75) is 12.5 Å². The summed E-state index contributed by atoms with van der Waals surface area (Å²) in [4.78, 5) is 22.2. The predicted octanol–water partition coefficient (Wildman–Crippen LogP) is -0.804. The number of nitrogens with one attached hydrogen (secondary N) is 1. The Hall–Kier alpha value is -1.40. The Morgan fingerprint density at radius 2 is 2.19 bits per heavy atom. The molecule has 2 amide bonds. The number of methoxy groups -OCH3 is 1. The minimum Gasteiger partial charge on any atom is -0.382 e. The van der Waals surface area contributed by atoms with Crippen LogP contribution < -0.4 is 11.1 Å². The van der Waals surface area contributed by atoms with Crippen LogP contribution in [0.3, 0.4) is 0 Å². The summed E-state index contributed by atoms with van der Waals surface area (Å²) in [5, 5.41) is 2.44. The van der Waals surface area contributed by atoms with Gasteiger partial charge in [-0.1, -0.05) is 6.08 Å². The number of hydrogen-bond donors (Lipinski definition) is 2. The summed E-state index contributed by atoms with van der Waals surface area (Å²) in [7, 11) is 1.54. The summed E-state index contributed by atoms with van der Waals surface area (Å²) in [6.07, 6.45) is 1.82. The lowest BCUT2D eigenvalue weighted by molar-refractivity contribution is -0.130. The molecule has 0 aliphatic rings. The van der Waals surface area contributed by atoms with E-state index in [-0.39, 0.29) is 12.5 Å². The average molecular weight is 230 g/mol. The van der Waals surface area contributed by atoms with Gasteiger partial charge in [0.05, 0.1) is 13.2 Å². The second-order valence-electron chi connectivity index (χ2n) is 3.09. The van der Waals surface area contributed by atoms with Gasteiger partial charge in [-0.3, -0.25) is 9.59 Å². The maximum absolute atomic E-state index is 11.3. The van der Waals surface area contributed by atoms with E-state index in [1.807, 2.05) is 0 Å². The molecular weight excluding hydrogens is 212 g/mol. The third-order valence-electron chi connectivity index (χ3n) is 1.75. The molecule has 0 aromatic rings. The van der Waals surface area contributed by atoms with Gasteiger partial charge in [0.25, 0.3) is 0 Å². The number of amides is 2. The van der Waals surface area contributed by atoms with E-state index in [0.29, 0.717) is 19.6 Å². The van der Waals surface area contributed by atoms with Crippen molar-refractivity contribution in [3.8, 4) is 0 Å². The molecule has 0 aromatic heterocycles. The number of carbonyl (C=O) groups is 2. The number of nitrogens with two attached hydrogens (primary N) is 1. The van der Waals surface area contributed by atoms with Gasteiger partial charge in [0, 0.05) is 7.11 Å². The first-order valence-electron chi connectivity index (χ1n) is 4.88. The highest BCUT2D eigenvalue weighted by atomic mass is 16.5. The summed E-state index contributed by atoms with van der Waals surface area (Å²) in [5.74, 6) is -0.980. The Balaban J connectivity index is 3.81. The van der Waals surface area contributed by atoms with Crippen LogP contribution in [0, 0.1) is 0 Å². The highest BCUT2D eigenvalue weighted by molar-refractivity contribution is 5.87. The Kier molecular flexibility index (Phi) is 8.10. The molecule has 6 heteroatoms. The Labute approximate surface area is 94.8 Å². The van der Waals surface area contributed by atoms with Gasteiger partial charge in [0.1, 0.15) is 12.6 Å². The first-order valence-corrected chi connectivity index (χ1v) is 4.88. The van der Waals surface area contributed by atoms with Gasteiger partial charge in [-0.15, -0.1) is 6.58 Å². The van der Waals surface area contributed by atoms with Crippen molar-refractivity contribution in [3.63, 3.8) is 0 Å². The van der Waals surface area contributed by atoms with Crippen LogP contribution in [0.25, 0.3) is 0 Å². The Bertz CT molecular complexity index is 243. The zero-order chi connectivity index (χ0) is 12.4. The smallest absolute Gasteiger partial charge is 0.246 e. The molecule has 0 rings (SSSR count). The summed E-state index contributed by atoms with van der Waals surface area (Å²) < 4.78 is 9.72. The molecule has 6 nitrogen and oxygen atoms in total. The molecule has 3 N–H and O–H groups in total. The molecule has 0 bridgehead atoms. The lowest BCUT2D eigenvalue weighted by atomic mass is 10.2. The topological polar surface area (TPSA) is 90.7 Å². The molecule has 0 saturated carbocycles. The monoisotopic (exact) mass is 230 g/mol.